The van der Waals surface area contributed by atoms with Crippen molar-refractivity contribution >= 4 is 16.8 Å². The molecule has 1 heterocycles. The van der Waals surface area contributed by atoms with Gasteiger partial charge in [-0.2, -0.15) is 26.3 Å². The Labute approximate surface area is 217 Å². The van der Waals surface area contributed by atoms with Crippen LogP contribution in [0.5, 0.6) is 0 Å². The molecule has 0 unspecified atom stereocenters. The van der Waals surface area contributed by atoms with Crippen LogP contribution >= 0.6 is 0 Å². The molecule has 1 amide bonds. The number of nitrogens with one attached hydrogen (secondary N) is 1. The summed E-state index contributed by atoms with van der Waals surface area (Å²) < 4.78 is 82.9. The van der Waals surface area contributed by atoms with Crippen LogP contribution in [0.3, 0.4) is 0 Å². The fourth-order valence-corrected chi connectivity index (χ4v) is 4.25. The standard InChI is InChI=1S/C28H32F6N2O2/c1-25(2,3)35-24(38)26(4,5)19-8-9-22-18(12-19)15-23(36(22)10-6-7-11-37)17-13-20(27(29,30)31)16-21(14-17)28(32,33)34/h8-9,12-16,37H,6-7,10-11H2,1-5H3,(H,35,38). The van der Waals surface area contributed by atoms with Gasteiger partial charge in [-0.25, -0.2) is 0 Å². The fourth-order valence-electron chi connectivity index (χ4n) is 4.25. The number of fused-ring (bicyclic) bond motifs is 1. The molecule has 0 spiro atoms. The zero-order chi connectivity index (χ0) is 28.7. The Morgan fingerprint density at radius 2 is 1.39 bits per heavy atom. The number of hydrogen-bond donors (Lipinski definition) is 2. The van der Waals surface area contributed by atoms with Gasteiger partial charge in [-0.05, 0) is 95.0 Å². The molecule has 1 aromatic heterocycles. The lowest BCUT2D eigenvalue weighted by Crippen LogP contribution is -2.48. The number of nitrogens with zero attached hydrogens (tertiary/aromatic N) is 1. The van der Waals surface area contributed by atoms with Gasteiger partial charge in [-0.15, -0.1) is 0 Å². The first kappa shape index (κ1) is 29.5. The highest BCUT2D eigenvalue weighted by Gasteiger charge is 2.37. The molecule has 0 fully saturated rings. The third-order valence-electron chi connectivity index (χ3n) is 6.35. The molecule has 3 aromatic rings. The molecule has 0 aliphatic rings. The van der Waals surface area contributed by atoms with Gasteiger partial charge in [0.05, 0.1) is 16.5 Å². The van der Waals surface area contributed by atoms with Crippen LogP contribution in [0.4, 0.5) is 26.3 Å². The van der Waals surface area contributed by atoms with Crippen LogP contribution in [-0.4, -0.2) is 27.7 Å². The van der Waals surface area contributed by atoms with E-state index in [1.165, 1.54) is 0 Å². The first-order valence-electron chi connectivity index (χ1n) is 12.2. The molecule has 38 heavy (non-hydrogen) atoms. The monoisotopic (exact) mass is 542 g/mol. The van der Waals surface area contributed by atoms with E-state index in [-0.39, 0.29) is 36.4 Å². The number of alkyl halides is 6. The SMILES string of the molecule is CC(C)(C)NC(=O)C(C)(C)c1ccc2c(c1)cc(-c1cc(C(F)(F)F)cc(C(F)(F)F)c1)n2CCCCO. The Bertz CT molecular complexity index is 1280. The number of aryl methyl sites for hydroxylation is 1. The minimum Gasteiger partial charge on any atom is -0.396 e. The minimum absolute atomic E-state index is 0.0997. The lowest BCUT2D eigenvalue weighted by atomic mass is 9.82. The van der Waals surface area contributed by atoms with E-state index in [1.54, 1.807) is 42.7 Å². The predicted molar refractivity (Wildman–Crippen MR) is 135 cm³/mol. The van der Waals surface area contributed by atoms with Crippen LogP contribution in [0.2, 0.25) is 0 Å². The summed E-state index contributed by atoms with van der Waals surface area (Å²) in [5, 5.41) is 12.7. The summed E-state index contributed by atoms with van der Waals surface area (Å²) in [6, 6.07) is 8.28. The minimum atomic E-state index is -4.97. The molecule has 0 aliphatic heterocycles. The average molecular weight is 543 g/mol. The number of rotatable bonds is 7. The summed E-state index contributed by atoms with van der Waals surface area (Å²) in [6.07, 6.45) is -9.07. The van der Waals surface area contributed by atoms with Crippen molar-refractivity contribution in [3.8, 4) is 11.3 Å². The van der Waals surface area contributed by atoms with Gasteiger partial charge in [0.1, 0.15) is 0 Å². The molecule has 10 heteroatoms. The van der Waals surface area contributed by atoms with Crippen LogP contribution in [0.15, 0.2) is 42.5 Å². The summed E-state index contributed by atoms with van der Waals surface area (Å²) >= 11 is 0. The number of halogens is 6. The van der Waals surface area contributed by atoms with Crippen molar-refractivity contribution in [3.05, 3.63) is 59.2 Å². The van der Waals surface area contributed by atoms with Crippen LogP contribution in [0, 0.1) is 0 Å². The van der Waals surface area contributed by atoms with Gasteiger partial charge in [0, 0.05) is 35.3 Å². The number of aliphatic hydroxyl groups is 1. The van der Waals surface area contributed by atoms with E-state index in [4.69, 9.17) is 0 Å². The number of hydrogen-bond acceptors (Lipinski definition) is 2. The van der Waals surface area contributed by atoms with Gasteiger partial charge in [0.25, 0.3) is 0 Å². The Balaban J connectivity index is 2.22. The molecule has 2 N–H and O–H groups in total. The summed E-state index contributed by atoms with van der Waals surface area (Å²) in [4.78, 5) is 13.0. The van der Waals surface area contributed by atoms with Gasteiger partial charge in [-0.3, -0.25) is 4.79 Å². The molecule has 0 aliphatic carbocycles. The normalized spacial score (nSPS) is 13.3. The topological polar surface area (TPSA) is 54.3 Å². The summed E-state index contributed by atoms with van der Waals surface area (Å²) in [5.74, 6) is -0.223. The number of carbonyl (C=O) groups excluding carboxylic acids is 1. The summed E-state index contributed by atoms with van der Waals surface area (Å²) in [5.41, 5.74) is -3.01. The number of amides is 1. The average Bonchev–Trinajstić information content (AvgIpc) is 3.14. The summed E-state index contributed by atoms with van der Waals surface area (Å²) in [6.45, 7) is 9.23. The quantitative estimate of drug-likeness (QED) is 0.243. The fraction of sp³-hybridized carbons (Fsp3) is 0.464. The van der Waals surface area contributed by atoms with Crippen molar-refractivity contribution in [2.45, 2.75) is 77.3 Å². The molecule has 2 aromatic carbocycles. The highest BCUT2D eigenvalue weighted by atomic mass is 19.4. The van der Waals surface area contributed by atoms with E-state index in [2.05, 4.69) is 5.32 Å². The van der Waals surface area contributed by atoms with Crippen molar-refractivity contribution < 1.29 is 36.2 Å². The summed E-state index contributed by atoms with van der Waals surface area (Å²) in [7, 11) is 0. The number of aromatic nitrogens is 1. The molecule has 0 saturated carbocycles. The number of unbranched alkanes of at least 4 members (excludes halogenated alkanes) is 1. The second-order valence-electron chi connectivity index (χ2n) is 11.0. The number of benzene rings is 2. The Morgan fingerprint density at radius 3 is 1.89 bits per heavy atom. The van der Waals surface area contributed by atoms with Crippen LogP contribution in [-0.2, 0) is 29.1 Å². The van der Waals surface area contributed by atoms with Crippen LogP contribution < -0.4 is 5.32 Å². The second-order valence-corrected chi connectivity index (χ2v) is 11.0. The van der Waals surface area contributed by atoms with E-state index in [9.17, 15) is 36.2 Å². The maximum atomic E-state index is 13.5. The van der Waals surface area contributed by atoms with Gasteiger partial charge in [0.2, 0.25) is 5.91 Å². The first-order valence-corrected chi connectivity index (χ1v) is 12.2. The van der Waals surface area contributed by atoms with Gasteiger partial charge >= 0.3 is 12.4 Å². The van der Waals surface area contributed by atoms with E-state index < -0.39 is 34.4 Å². The third kappa shape index (κ3) is 6.51. The third-order valence-corrected chi connectivity index (χ3v) is 6.35. The highest BCUT2D eigenvalue weighted by molar-refractivity contribution is 5.92. The molecule has 4 nitrogen and oxygen atoms in total. The molecular weight excluding hydrogens is 510 g/mol. The Hall–Kier alpha value is -3.01. The van der Waals surface area contributed by atoms with Crippen molar-refractivity contribution in [2.75, 3.05) is 6.61 Å². The lowest BCUT2D eigenvalue weighted by molar-refractivity contribution is -0.143. The van der Waals surface area contributed by atoms with E-state index in [1.807, 2.05) is 20.8 Å². The van der Waals surface area contributed by atoms with E-state index >= 15 is 0 Å². The zero-order valence-electron chi connectivity index (χ0n) is 21.9. The number of carbonyl (C=O) groups is 1. The maximum absolute atomic E-state index is 13.5. The highest BCUT2D eigenvalue weighted by Crippen LogP contribution is 2.40. The molecule has 3 rings (SSSR count). The van der Waals surface area contributed by atoms with Gasteiger partial charge in [0.15, 0.2) is 0 Å². The van der Waals surface area contributed by atoms with Crippen molar-refractivity contribution in [1.82, 2.24) is 9.88 Å². The second kappa shape index (κ2) is 10.3. The Kier molecular flexibility index (Phi) is 7.99. The number of aliphatic hydroxyl groups excluding tert-OH is 1. The largest absolute Gasteiger partial charge is 0.416 e. The predicted octanol–water partition coefficient (Wildman–Crippen LogP) is 7.31. The molecule has 0 bridgehead atoms. The molecular formula is C28H32F6N2O2. The van der Waals surface area contributed by atoms with Crippen molar-refractivity contribution in [1.29, 1.82) is 0 Å². The van der Waals surface area contributed by atoms with Crippen molar-refractivity contribution in [2.24, 2.45) is 0 Å². The van der Waals surface area contributed by atoms with Gasteiger partial charge in [-0.1, -0.05) is 6.07 Å². The van der Waals surface area contributed by atoms with E-state index in [0.29, 0.717) is 41.4 Å². The van der Waals surface area contributed by atoms with Crippen LogP contribution in [0.25, 0.3) is 22.2 Å². The van der Waals surface area contributed by atoms with E-state index in [0.717, 1.165) is 0 Å². The molecule has 208 valence electrons. The molecule has 0 radical (unpaired) electrons. The van der Waals surface area contributed by atoms with Crippen LogP contribution in [0.1, 0.15) is 64.2 Å². The smallest absolute Gasteiger partial charge is 0.396 e. The Morgan fingerprint density at radius 1 is 0.816 bits per heavy atom. The lowest BCUT2D eigenvalue weighted by Gasteiger charge is -2.30. The molecule has 0 saturated heterocycles. The first-order chi connectivity index (χ1) is 17.3. The van der Waals surface area contributed by atoms with Crippen molar-refractivity contribution in [3.63, 3.8) is 0 Å². The molecule has 0 atom stereocenters. The maximum Gasteiger partial charge on any atom is 0.416 e. The zero-order valence-corrected chi connectivity index (χ0v) is 21.9. The van der Waals surface area contributed by atoms with Gasteiger partial charge < -0.3 is 15.0 Å².